The van der Waals surface area contributed by atoms with E-state index in [0.717, 1.165) is 57.7 Å². The Morgan fingerprint density at radius 3 is 2.09 bits per heavy atom. The number of carbonyl (C=O) groups is 2. The number of piperidine rings is 1. The molecule has 2 aromatic carbocycles. The Balaban J connectivity index is 1.21. The van der Waals surface area contributed by atoms with Gasteiger partial charge in [-0.2, -0.15) is 0 Å². The molecule has 0 bridgehead atoms. The number of benzene rings is 2. The zero-order valence-corrected chi connectivity index (χ0v) is 19.4. The van der Waals surface area contributed by atoms with Crippen LogP contribution in [0.3, 0.4) is 0 Å². The highest BCUT2D eigenvalue weighted by Gasteiger charge is 2.28. The van der Waals surface area contributed by atoms with E-state index in [4.69, 9.17) is 0 Å². The van der Waals surface area contributed by atoms with E-state index < -0.39 is 0 Å². The average Bonchev–Trinajstić information content (AvgIpc) is 2.85. The van der Waals surface area contributed by atoms with Gasteiger partial charge < -0.3 is 9.80 Å². The minimum Gasteiger partial charge on any atom is -0.372 e. The Morgan fingerprint density at radius 2 is 1.50 bits per heavy atom. The second-order valence-electron chi connectivity index (χ2n) is 9.24. The predicted octanol–water partition coefficient (Wildman–Crippen LogP) is 4.40. The maximum absolute atomic E-state index is 12.9. The van der Waals surface area contributed by atoms with E-state index >= 15 is 0 Å². The number of piperazine rings is 1. The van der Waals surface area contributed by atoms with Gasteiger partial charge in [-0.25, -0.2) is 0 Å². The largest absolute Gasteiger partial charge is 0.372 e. The third-order valence-corrected chi connectivity index (χ3v) is 7.21. The summed E-state index contributed by atoms with van der Waals surface area (Å²) in [6.45, 7) is 9.34. The molecule has 2 aliphatic heterocycles. The van der Waals surface area contributed by atoms with E-state index in [1.54, 1.807) is 6.92 Å². The predicted molar refractivity (Wildman–Crippen MR) is 129 cm³/mol. The molecular formula is C27H35N3O2. The molecule has 5 heteroatoms. The van der Waals surface area contributed by atoms with Crippen molar-refractivity contribution in [2.45, 2.75) is 39.2 Å². The molecule has 0 saturated carbocycles. The number of amides is 1. The lowest BCUT2D eigenvalue weighted by molar-refractivity contribution is -0.134. The van der Waals surface area contributed by atoms with Crippen LogP contribution in [-0.4, -0.2) is 60.8 Å². The van der Waals surface area contributed by atoms with Crippen molar-refractivity contribution in [3.8, 4) is 0 Å². The monoisotopic (exact) mass is 433 g/mol. The topological polar surface area (TPSA) is 43.9 Å². The smallest absolute Gasteiger partial charge is 0.222 e. The van der Waals surface area contributed by atoms with Gasteiger partial charge in [-0.05, 0) is 62.4 Å². The lowest BCUT2D eigenvalue weighted by Crippen LogP contribution is -2.49. The van der Waals surface area contributed by atoms with Gasteiger partial charge in [-0.15, -0.1) is 0 Å². The number of hydrogen-bond acceptors (Lipinski definition) is 4. The Labute approximate surface area is 192 Å². The molecule has 0 radical (unpaired) electrons. The summed E-state index contributed by atoms with van der Waals surface area (Å²) in [4.78, 5) is 31.3. The van der Waals surface area contributed by atoms with Gasteiger partial charge in [-0.3, -0.25) is 14.5 Å². The van der Waals surface area contributed by atoms with Gasteiger partial charge in [-0.1, -0.05) is 30.3 Å². The molecule has 0 aromatic heterocycles. The molecule has 0 aliphatic carbocycles. The molecule has 170 valence electrons. The van der Waals surface area contributed by atoms with Crippen LogP contribution in [-0.2, 0) is 4.79 Å². The van der Waals surface area contributed by atoms with Crippen LogP contribution in [0.2, 0.25) is 0 Å². The summed E-state index contributed by atoms with van der Waals surface area (Å²) in [5, 5.41) is 0. The zero-order chi connectivity index (χ0) is 22.5. The molecule has 2 saturated heterocycles. The number of hydrogen-bond donors (Lipinski definition) is 0. The van der Waals surface area contributed by atoms with Gasteiger partial charge in [0.2, 0.25) is 5.91 Å². The Morgan fingerprint density at radius 1 is 0.875 bits per heavy atom. The number of Topliss-reactive ketones (excluding diaryl/α,β-unsaturated/α-hetero) is 1. The highest BCUT2D eigenvalue weighted by Crippen LogP contribution is 2.27. The standard InChI is InChI=1S/C27H35N3O2/c1-21(24-6-4-3-5-7-24)28-16-18-30(19-17-28)27(32)20-23-12-14-29(15-13-23)26-10-8-25(9-11-26)22(2)31/h3-11,21,23H,12-20H2,1-2H3. The van der Waals surface area contributed by atoms with Crippen molar-refractivity contribution in [1.29, 1.82) is 0 Å². The molecule has 1 atom stereocenters. The number of rotatable bonds is 6. The Kier molecular flexibility index (Phi) is 7.26. The molecule has 32 heavy (non-hydrogen) atoms. The minimum atomic E-state index is 0.101. The van der Waals surface area contributed by atoms with Crippen molar-refractivity contribution in [2.75, 3.05) is 44.2 Å². The highest BCUT2D eigenvalue weighted by molar-refractivity contribution is 5.94. The summed E-state index contributed by atoms with van der Waals surface area (Å²) in [6, 6.07) is 18.9. The van der Waals surface area contributed by atoms with Crippen LogP contribution in [0.5, 0.6) is 0 Å². The van der Waals surface area contributed by atoms with Crippen LogP contribution in [0.1, 0.15) is 55.1 Å². The fraction of sp³-hybridized carbons (Fsp3) is 0.481. The molecule has 1 unspecified atom stereocenters. The number of nitrogens with zero attached hydrogens (tertiary/aromatic N) is 3. The molecule has 2 aliphatic rings. The van der Waals surface area contributed by atoms with Crippen molar-refractivity contribution >= 4 is 17.4 Å². The van der Waals surface area contributed by atoms with Crippen molar-refractivity contribution < 1.29 is 9.59 Å². The summed E-state index contributed by atoms with van der Waals surface area (Å²) >= 11 is 0. The van der Waals surface area contributed by atoms with Crippen molar-refractivity contribution in [2.24, 2.45) is 5.92 Å². The Bertz CT molecular complexity index is 896. The number of carbonyl (C=O) groups excluding carboxylic acids is 2. The van der Waals surface area contributed by atoms with E-state index in [-0.39, 0.29) is 5.78 Å². The average molecular weight is 434 g/mol. The summed E-state index contributed by atoms with van der Waals surface area (Å²) < 4.78 is 0. The van der Waals surface area contributed by atoms with Crippen LogP contribution in [0.15, 0.2) is 54.6 Å². The Hall–Kier alpha value is -2.66. The van der Waals surface area contributed by atoms with Crippen LogP contribution in [0.25, 0.3) is 0 Å². The highest BCUT2D eigenvalue weighted by atomic mass is 16.2. The molecule has 0 N–H and O–H groups in total. The van der Waals surface area contributed by atoms with Crippen molar-refractivity contribution in [1.82, 2.24) is 9.80 Å². The van der Waals surface area contributed by atoms with E-state index in [9.17, 15) is 9.59 Å². The third-order valence-electron chi connectivity index (χ3n) is 7.21. The van der Waals surface area contributed by atoms with E-state index in [2.05, 4.69) is 52.0 Å². The summed E-state index contributed by atoms with van der Waals surface area (Å²) in [6.07, 6.45) is 2.77. The van der Waals surface area contributed by atoms with E-state index in [1.165, 1.54) is 11.3 Å². The maximum Gasteiger partial charge on any atom is 0.222 e. The van der Waals surface area contributed by atoms with Gasteiger partial charge in [0.15, 0.2) is 5.78 Å². The molecular weight excluding hydrogens is 398 g/mol. The fourth-order valence-electron chi connectivity index (χ4n) is 4.98. The van der Waals surface area contributed by atoms with E-state index in [1.807, 2.05) is 24.3 Å². The fourth-order valence-corrected chi connectivity index (χ4v) is 4.98. The van der Waals surface area contributed by atoms with E-state index in [0.29, 0.717) is 24.3 Å². The van der Waals surface area contributed by atoms with Gasteiger partial charge in [0, 0.05) is 63.0 Å². The molecule has 5 nitrogen and oxygen atoms in total. The van der Waals surface area contributed by atoms with Gasteiger partial charge in [0.1, 0.15) is 0 Å². The zero-order valence-electron chi connectivity index (χ0n) is 19.4. The van der Waals surface area contributed by atoms with Crippen LogP contribution >= 0.6 is 0 Å². The first-order valence-corrected chi connectivity index (χ1v) is 11.9. The van der Waals surface area contributed by atoms with Crippen molar-refractivity contribution in [3.05, 3.63) is 65.7 Å². The lowest BCUT2D eigenvalue weighted by atomic mass is 9.92. The number of ketones is 1. The summed E-state index contributed by atoms with van der Waals surface area (Å²) in [5.74, 6) is 0.891. The maximum atomic E-state index is 12.9. The normalized spacial score (nSPS) is 19.1. The van der Waals surface area contributed by atoms with Gasteiger partial charge in [0.25, 0.3) is 0 Å². The van der Waals surface area contributed by atoms with Crippen LogP contribution < -0.4 is 4.90 Å². The van der Waals surface area contributed by atoms with Crippen LogP contribution in [0, 0.1) is 5.92 Å². The number of anilines is 1. The first-order chi connectivity index (χ1) is 15.5. The first-order valence-electron chi connectivity index (χ1n) is 11.9. The SMILES string of the molecule is CC(=O)c1ccc(N2CCC(CC(=O)N3CCN(C(C)c4ccccc4)CC3)CC2)cc1. The summed E-state index contributed by atoms with van der Waals surface area (Å²) in [7, 11) is 0. The quantitative estimate of drug-likeness (QED) is 0.634. The van der Waals surface area contributed by atoms with Gasteiger partial charge in [0.05, 0.1) is 0 Å². The molecule has 1 amide bonds. The molecule has 2 heterocycles. The van der Waals surface area contributed by atoms with Crippen molar-refractivity contribution in [3.63, 3.8) is 0 Å². The molecule has 4 rings (SSSR count). The second kappa shape index (κ2) is 10.3. The summed E-state index contributed by atoms with van der Waals surface area (Å²) in [5.41, 5.74) is 3.27. The third kappa shape index (κ3) is 5.39. The molecule has 2 fully saturated rings. The minimum absolute atomic E-state index is 0.101. The lowest BCUT2D eigenvalue weighted by Gasteiger charge is -2.39. The first kappa shape index (κ1) is 22.5. The second-order valence-corrected chi connectivity index (χ2v) is 9.24. The molecule has 0 spiro atoms. The van der Waals surface area contributed by atoms with Gasteiger partial charge >= 0.3 is 0 Å². The molecule has 2 aromatic rings. The van der Waals surface area contributed by atoms with Crippen LogP contribution in [0.4, 0.5) is 5.69 Å².